The molecule has 1 heterocycles. The minimum Gasteiger partial charge on any atom is -0.390 e. The molecule has 0 aliphatic carbocycles. The van der Waals surface area contributed by atoms with Crippen LogP contribution in [-0.4, -0.2) is 42.4 Å². The molecule has 1 rings (SSSR count). The fraction of sp³-hybridized carbons (Fsp3) is 0.700. The summed E-state index contributed by atoms with van der Waals surface area (Å²) in [5.41, 5.74) is 0.638. The molecule has 0 aromatic carbocycles. The molecule has 0 aliphatic heterocycles. The first-order chi connectivity index (χ1) is 8.64. The van der Waals surface area contributed by atoms with Gasteiger partial charge in [0.25, 0.3) is 5.92 Å². The number of rotatable bonds is 6. The first kappa shape index (κ1) is 16.0. The number of hydrogen-bond donors (Lipinski definition) is 2. The topological polar surface area (TPSA) is 84.2 Å². The molecule has 0 unspecified atom stereocenters. The molecule has 0 aliphatic rings. The number of nitrogens with zero attached hydrogens (tertiary/aromatic N) is 2. The summed E-state index contributed by atoms with van der Waals surface area (Å²) >= 11 is 0. The number of nitrogens with one attached hydrogen (secondary N) is 1. The molecule has 0 radical (unpaired) electrons. The van der Waals surface area contributed by atoms with Crippen molar-refractivity contribution < 1.29 is 22.3 Å². The molecule has 1 aromatic rings. The molecule has 2 N–H and O–H groups in total. The third-order valence-corrected chi connectivity index (χ3v) is 4.29. The number of hydrogen-bond acceptors (Lipinski definition) is 4. The van der Waals surface area contributed by atoms with Crippen molar-refractivity contribution >= 4 is 10.0 Å². The lowest BCUT2D eigenvalue weighted by molar-refractivity contribution is -0.0437. The van der Waals surface area contributed by atoms with Crippen molar-refractivity contribution in [2.45, 2.75) is 38.1 Å². The number of sulfonamides is 1. The fourth-order valence-corrected chi connectivity index (χ4v) is 3.18. The van der Waals surface area contributed by atoms with Crippen molar-refractivity contribution in [2.75, 3.05) is 13.2 Å². The highest BCUT2D eigenvalue weighted by Crippen LogP contribution is 2.20. The van der Waals surface area contributed by atoms with Crippen LogP contribution in [-0.2, 0) is 16.6 Å². The van der Waals surface area contributed by atoms with Gasteiger partial charge in [-0.15, -0.1) is 0 Å². The Bertz CT molecular complexity index is 555. The van der Waals surface area contributed by atoms with Crippen LogP contribution < -0.4 is 4.72 Å². The molecular weight excluding hydrogens is 280 g/mol. The van der Waals surface area contributed by atoms with Gasteiger partial charge in [-0.05, 0) is 20.8 Å². The number of aryl methyl sites for hydroxylation is 2. The minimum absolute atomic E-state index is 0.0944. The van der Waals surface area contributed by atoms with Crippen LogP contribution in [0.15, 0.2) is 4.90 Å². The third kappa shape index (κ3) is 3.48. The van der Waals surface area contributed by atoms with Crippen LogP contribution in [0.3, 0.4) is 0 Å². The van der Waals surface area contributed by atoms with Gasteiger partial charge < -0.3 is 5.11 Å². The molecule has 9 heteroatoms. The quantitative estimate of drug-likeness (QED) is 0.797. The number of halogens is 2. The smallest absolute Gasteiger partial charge is 0.283 e. The van der Waals surface area contributed by atoms with Crippen LogP contribution in [0.5, 0.6) is 0 Å². The van der Waals surface area contributed by atoms with E-state index in [1.54, 1.807) is 18.6 Å². The average Bonchev–Trinajstić information content (AvgIpc) is 2.62. The van der Waals surface area contributed by atoms with Gasteiger partial charge in [-0.25, -0.2) is 21.9 Å². The Morgan fingerprint density at radius 1 is 1.42 bits per heavy atom. The predicted octanol–water partition coefficient (Wildman–Crippen LogP) is 0.426. The Kier molecular flexibility index (Phi) is 4.64. The molecule has 0 saturated heterocycles. The van der Waals surface area contributed by atoms with Crippen LogP contribution in [0.1, 0.15) is 18.3 Å². The second kappa shape index (κ2) is 5.51. The lowest BCUT2D eigenvalue weighted by Gasteiger charge is -2.14. The zero-order chi connectivity index (χ0) is 14.8. The summed E-state index contributed by atoms with van der Waals surface area (Å²) in [6, 6.07) is 0. The molecule has 0 fully saturated rings. The van der Waals surface area contributed by atoms with Crippen LogP contribution in [0.4, 0.5) is 8.78 Å². The molecule has 1 aromatic heterocycles. The molecule has 6 nitrogen and oxygen atoms in total. The van der Waals surface area contributed by atoms with E-state index in [4.69, 9.17) is 5.11 Å². The van der Waals surface area contributed by atoms with Crippen molar-refractivity contribution in [3.05, 3.63) is 11.4 Å². The number of aliphatic hydroxyl groups is 1. The molecule has 0 bridgehead atoms. The van der Waals surface area contributed by atoms with Crippen LogP contribution >= 0.6 is 0 Å². The molecular formula is C10H17F2N3O3S. The minimum atomic E-state index is -4.08. The molecule has 19 heavy (non-hydrogen) atoms. The van der Waals surface area contributed by atoms with Gasteiger partial charge in [-0.2, -0.15) is 5.10 Å². The maximum atomic E-state index is 12.9. The second-order valence-corrected chi connectivity index (χ2v) is 5.86. The van der Waals surface area contributed by atoms with E-state index in [0.29, 0.717) is 12.2 Å². The normalized spacial score (nSPS) is 12.9. The SMILES string of the molecule is CCn1nc(C)c(S(=O)(=O)NCC(F)(F)CO)c1C. The summed E-state index contributed by atoms with van der Waals surface area (Å²) in [6.07, 6.45) is 0. The van der Waals surface area contributed by atoms with Crippen molar-refractivity contribution in [1.82, 2.24) is 14.5 Å². The van der Waals surface area contributed by atoms with Crippen molar-refractivity contribution in [3.63, 3.8) is 0 Å². The summed E-state index contributed by atoms with van der Waals surface area (Å²) in [7, 11) is -4.08. The van der Waals surface area contributed by atoms with Crippen molar-refractivity contribution in [2.24, 2.45) is 0 Å². The Labute approximate surface area is 110 Å². The monoisotopic (exact) mass is 297 g/mol. The number of aromatic nitrogens is 2. The van der Waals surface area contributed by atoms with Gasteiger partial charge in [-0.3, -0.25) is 4.68 Å². The van der Waals surface area contributed by atoms with Gasteiger partial charge in [0.2, 0.25) is 10.0 Å². The highest BCUT2D eigenvalue weighted by atomic mass is 32.2. The van der Waals surface area contributed by atoms with E-state index in [0.717, 1.165) is 0 Å². The molecule has 0 amide bonds. The molecule has 0 saturated carbocycles. The largest absolute Gasteiger partial charge is 0.390 e. The lowest BCUT2D eigenvalue weighted by Crippen LogP contribution is -2.39. The summed E-state index contributed by atoms with van der Waals surface area (Å²) < 4.78 is 53.0. The van der Waals surface area contributed by atoms with Gasteiger partial charge >= 0.3 is 0 Å². The highest BCUT2D eigenvalue weighted by Gasteiger charge is 2.32. The first-order valence-corrected chi connectivity index (χ1v) is 7.15. The number of alkyl halides is 2. The van der Waals surface area contributed by atoms with E-state index in [9.17, 15) is 17.2 Å². The van der Waals surface area contributed by atoms with Crippen LogP contribution in [0.2, 0.25) is 0 Å². The molecule has 0 spiro atoms. The summed E-state index contributed by atoms with van der Waals surface area (Å²) in [4.78, 5) is -0.0944. The second-order valence-electron chi connectivity index (χ2n) is 4.15. The zero-order valence-corrected chi connectivity index (χ0v) is 11.8. The van der Waals surface area contributed by atoms with E-state index in [1.807, 2.05) is 0 Å². The molecule has 110 valence electrons. The predicted molar refractivity (Wildman–Crippen MR) is 64.6 cm³/mol. The Morgan fingerprint density at radius 2 is 2.00 bits per heavy atom. The van der Waals surface area contributed by atoms with E-state index in [2.05, 4.69) is 5.10 Å². The fourth-order valence-electron chi connectivity index (χ4n) is 1.71. The van der Waals surface area contributed by atoms with E-state index in [1.165, 1.54) is 11.6 Å². The Hall–Kier alpha value is -1.06. The van der Waals surface area contributed by atoms with Crippen molar-refractivity contribution in [3.8, 4) is 0 Å². The Balaban J connectivity index is 3.05. The van der Waals surface area contributed by atoms with Crippen molar-refractivity contribution in [1.29, 1.82) is 0 Å². The maximum Gasteiger partial charge on any atom is 0.283 e. The van der Waals surface area contributed by atoms with Gasteiger partial charge in [0.15, 0.2) is 0 Å². The zero-order valence-electron chi connectivity index (χ0n) is 10.9. The van der Waals surface area contributed by atoms with Crippen LogP contribution in [0.25, 0.3) is 0 Å². The standard InChI is InChI=1S/C10H17F2N3O3S/c1-4-15-8(3)9(7(2)14-15)19(17,18)13-5-10(11,12)6-16/h13,16H,4-6H2,1-3H3. The summed E-state index contributed by atoms with van der Waals surface area (Å²) in [5.74, 6) is -3.49. The van der Waals surface area contributed by atoms with Crippen LogP contribution in [0, 0.1) is 13.8 Å². The Morgan fingerprint density at radius 3 is 2.42 bits per heavy atom. The summed E-state index contributed by atoms with van der Waals surface area (Å²) in [5, 5.41) is 12.4. The third-order valence-electron chi connectivity index (χ3n) is 2.64. The first-order valence-electron chi connectivity index (χ1n) is 5.67. The van der Waals surface area contributed by atoms with E-state index < -0.39 is 29.1 Å². The van der Waals surface area contributed by atoms with E-state index >= 15 is 0 Å². The van der Waals surface area contributed by atoms with Gasteiger partial charge in [0.1, 0.15) is 11.5 Å². The number of aliphatic hydroxyl groups excluding tert-OH is 1. The van der Waals surface area contributed by atoms with Gasteiger partial charge in [-0.1, -0.05) is 0 Å². The summed E-state index contributed by atoms with van der Waals surface area (Å²) in [6.45, 7) is 2.77. The average molecular weight is 297 g/mol. The van der Waals surface area contributed by atoms with Gasteiger partial charge in [0, 0.05) is 6.54 Å². The maximum absolute atomic E-state index is 12.9. The molecule has 0 atom stereocenters. The highest BCUT2D eigenvalue weighted by molar-refractivity contribution is 7.89. The van der Waals surface area contributed by atoms with E-state index in [-0.39, 0.29) is 10.6 Å². The lowest BCUT2D eigenvalue weighted by atomic mass is 10.4. The van der Waals surface area contributed by atoms with Gasteiger partial charge in [0.05, 0.1) is 17.9 Å².